The van der Waals surface area contributed by atoms with Crippen LogP contribution in [0.3, 0.4) is 0 Å². The molecule has 0 aromatic carbocycles. The molecule has 0 bridgehead atoms. The van der Waals surface area contributed by atoms with E-state index in [2.05, 4.69) is 50.3 Å². The topological polar surface area (TPSA) is 192 Å². The second kappa shape index (κ2) is 36.2. The Morgan fingerprint density at radius 3 is 1.53 bits per heavy atom. The normalized spacial score (nSPS) is 23.0. The molecule has 0 spiro atoms. The van der Waals surface area contributed by atoms with E-state index in [9.17, 15) is 39.8 Å². The van der Waals surface area contributed by atoms with E-state index in [1.54, 1.807) is 0 Å². The smallest absolute Gasteiger partial charge is 0.457 e. The summed E-state index contributed by atoms with van der Waals surface area (Å²) < 4.78 is 34.1. The third-order valence-corrected chi connectivity index (χ3v) is 11.5. The van der Waals surface area contributed by atoms with Gasteiger partial charge in [0.05, 0.1) is 13.2 Å². The Bertz CT molecular complexity index is 1100. The first-order valence-corrected chi connectivity index (χ1v) is 24.3. The summed E-state index contributed by atoms with van der Waals surface area (Å²) in [5.74, 6) is -0.486. The number of allylic oxidation sites excluding steroid dienone is 6. The molecule has 1 aliphatic rings. The zero-order chi connectivity index (χ0) is 42.7. The summed E-state index contributed by atoms with van der Waals surface area (Å²) in [4.78, 5) is 23.1. The van der Waals surface area contributed by atoms with Gasteiger partial charge in [-0.1, -0.05) is 147 Å². The number of phosphoric ester groups is 1. The SMILES string of the molecule is CCC/C=C\C/C=C\CCCCCCCCOCC(COP(=O)(O)OC1C(O)C(O)C(O)C(O)C1O)OC(=O)CCCCCCCCC/C=C\CCCCCCCC. The Hall–Kier alpha value is -1.44. The van der Waals surface area contributed by atoms with Gasteiger partial charge < -0.3 is 39.9 Å². The van der Waals surface area contributed by atoms with Gasteiger partial charge in [0.1, 0.15) is 42.7 Å². The van der Waals surface area contributed by atoms with Crippen molar-refractivity contribution in [3.63, 3.8) is 0 Å². The van der Waals surface area contributed by atoms with Crippen LogP contribution in [0.15, 0.2) is 36.5 Å². The standard InChI is InChI=1S/C45H83O12P/c1-3-5-7-9-11-13-15-17-19-20-21-22-24-26-28-30-32-34-39(46)56-38(36-54-35-33-31-29-27-25-23-18-16-14-12-10-8-6-4-2)37-55-58(52,53)57-45-43(50)41(48)40(47)42(49)44(45)51/h8,10,14,16-17,19,38,40-45,47-51H,3-7,9,11-13,15,18,20-37H2,1-2H3,(H,52,53)/b10-8-,16-14-,19-17-. The first-order chi connectivity index (χ1) is 28.0. The number of carbonyl (C=O) groups excluding carboxylic acids is 1. The van der Waals surface area contributed by atoms with Gasteiger partial charge in [-0.2, -0.15) is 0 Å². The summed E-state index contributed by atoms with van der Waals surface area (Å²) in [6.07, 6.45) is 29.2. The summed E-state index contributed by atoms with van der Waals surface area (Å²) in [5, 5.41) is 50.1. The molecule has 1 aliphatic carbocycles. The van der Waals surface area contributed by atoms with E-state index >= 15 is 0 Å². The molecule has 12 nitrogen and oxygen atoms in total. The largest absolute Gasteiger partial charge is 0.472 e. The molecule has 1 fully saturated rings. The Morgan fingerprint density at radius 2 is 1.00 bits per heavy atom. The van der Waals surface area contributed by atoms with E-state index < -0.39 is 63.1 Å². The van der Waals surface area contributed by atoms with E-state index in [0.29, 0.717) is 13.0 Å². The minimum absolute atomic E-state index is 0.0851. The van der Waals surface area contributed by atoms with Gasteiger partial charge in [-0.25, -0.2) is 4.57 Å². The van der Waals surface area contributed by atoms with E-state index in [-0.39, 0.29) is 13.0 Å². The van der Waals surface area contributed by atoms with Crippen LogP contribution >= 0.6 is 7.82 Å². The molecule has 0 aromatic heterocycles. The number of ether oxygens (including phenoxy) is 2. The van der Waals surface area contributed by atoms with Crippen LogP contribution in [-0.2, 0) is 27.9 Å². The number of esters is 1. The van der Waals surface area contributed by atoms with Crippen LogP contribution in [0, 0.1) is 0 Å². The van der Waals surface area contributed by atoms with Crippen molar-refractivity contribution in [3.8, 4) is 0 Å². The number of carbonyl (C=O) groups is 1. The summed E-state index contributed by atoms with van der Waals surface area (Å²) in [6.45, 7) is 4.16. The Morgan fingerprint density at radius 1 is 0.552 bits per heavy atom. The maximum absolute atomic E-state index is 12.8. The molecular formula is C45H83O12P. The quantitative estimate of drug-likeness (QED) is 0.0150. The molecule has 13 heteroatoms. The fourth-order valence-corrected chi connectivity index (χ4v) is 7.77. The predicted molar refractivity (Wildman–Crippen MR) is 230 cm³/mol. The lowest BCUT2D eigenvalue weighted by Gasteiger charge is -2.41. The fraction of sp³-hybridized carbons (Fsp3) is 0.844. The molecular weight excluding hydrogens is 763 g/mol. The lowest BCUT2D eigenvalue weighted by Crippen LogP contribution is -2.64. The molecule has 0 aliphatic heterocycles. The number of aliphatic hydroxyl groups is 5. The van der Waals surface area contributed by atoms with E-state index in [0.717, 1.165) is 83.5 Å². The molecule has 6 N–H and O–H groups in total. The average Bonchev–Trinajstić information content (AvgIpc) is 3.21. The Labute approximate surface area is 351 Å². The molecule has 0 heterocycles. The second-order valence-corrected chi connectivity index (χ2v) is 17.3. The highest BCUT2D eigenvalue weighted by atomic mass is 31.2. The van der Waals surface area contributed by atoms with Crippen molar-refractivity contribution in [2.45, 2.75) is 224 Å². The van der Waals surface area contributed by atoms with Crippen molar-refractivity contribution in [3.05, 3.63) is 36.5 Å². The van der Waals surface area contributed by atoms with Crippen molar-refractivity contribution in [2.75, 3.05) is 19.8 Å². The number of hydrogen-bond donors (Lipinski definition) is 6. The molecule has 1 saturated carbocycles. The number of unbranched alkanes of at least 4 members (excludes halogenated alkanes) is 20. The molecule has 58 heavy (non-hydrogen) atoms. The number of hydrogen-bond acceptors (Lipinski definition) is 11. The molecule has 6 unspecified atom stereocenters. The first-order valence-electron chi connectivity index (χ1n) is 22.8. The van der Waals surface area contributed by atoms with Gasteiger partial charge >= 0.3 is 13.8 Å². The zero-order valence-electron chi connectivity index (χ0n) is 36.1. The van der Waals surface area contributed by atoms with Crippen LogP contribution in [0.25, 0.3) is 0 Å². The molecule has 0 radical (unpaired) electrons. The van der Waals surface area contributed by atoms with Gasteiger partial charge in [-0.05, 0) is 64.2 Å². The Kier molecular flexibility index (Phi) is 34.1. The minimum atomic E-state index is -5.02. The van der Waals surface area contributed by atoms with Crippen LogP contribution < -0.4 is 0 Å². The van der Waals surface area contributed by atoms with Crippen molar-refractivity contribution >= 4 is 13.8 Å². The number of aliphatic hydroxyl groups excluding tert-OH is 5. The van der Waals surface area contributed by atoms with Crippen LogP contribution in [0.5, 0.6) is 0 Å². The monoisotopic (exact) mass is 847 g/mol. The van der Waals surface area contributed by atoms with Gasteiger partial charge in [0, 0.05) is 13.0 Å². The minimum Gasteiger partial charge on any atom is -0.457 e. The van der Waals surface area contributed by atoms with Crippen molar-refractivity contribution in [1.29, 1.82) is 0 Å². The lowest BCUT2D eigenvalue weighted by molar-refractivity contribution is -0.220. The average molecular weight is 847 g/mol. The highest BCUT2D eigenvalue weighted by Gasteiger charge is 2.51. The van der Waals surface area contributed by atoms with Gasteiger partial charge in [0.25, 0.3) is 0 Å². The molecule has 1 rings (SSSR count). The number of rotatable bonds is 38. The van der Waals surface area contributed by atoms with Gasteiger partial charge in [-0.3, -0.25) is 13.8 Å². The maximum atomic E-state index is 12.8. The van der Waals surface area contributed by atoms with Crippen LogP contribution in [0.4, 0.5) is 0 Å². The maximum Gasteiger partial charge on any atom is 0.472 e. The first kappa shape index (κ1) is 54.6. The summed E-state index contributed by atoms with van der Waals surface area (Å²) in [7, 11) is -5.02. The summed E-state index contributed by atoms with van der Waals surface area (Å²) in [6, 6.07) is 0. The third kappa shape index (κ3) is 28.2. The highest BCUT2D eigenvalue weighted by molar-refractivity contribution is 7.47. The molecule has 0 amide bonds. The van der Waals surface area contributed by atoms with E-state index in [4.69, 9.17) is 18.5 Å². The van der Waals surface area contributed by atoms with Gasteiger partial charge in [-0.15, -0.1) is 0 Å². The summed E-state index contributed by atoms with van der Waals surface area (Å²) in [5.41, 5.74) is 0. The van der Waals surface area contributed by atoms with E-state index in [1.807, 2.05) is 0 Å². The van der Waals surface area contributed by atoms with Crippen molar-refractivity contribution in [2.24, 2.45) is 0 Å². The second-order valence-electron chi connectivity index (χ2n) is 15.9. The molecule has 0 saturated heterocycles. The molecule has 340 valence electrons. The van der Waals surface area contributed by atoms with Crippen LogP contribution in [0.1, 0.15) is 181 Å². The van der Waals surface area contributed by atoms with Crippen molar-refractivity contribution in [1.82, 2.24) is 0 Å². The Balaban J connectivity index is 2.41. The third-order valence-electron chi connectivity index (χ3n) is 10.5. The van der Waals surface area contributed by atoms with Crippen molar-refractivity contribution < 1.29 is 58.3 Å². The molecule has 0 aromatic rings. The fourth-order valence-electron chi connectivity index (χ4n) is 6.80. The van der Waals surface area contributed by atoms with Gasteiger partial charge in [0.15, 0.2) is 0 Å². The summed E-state index contributed by atoms with van der Waals surface area (Å²) >= 11 is 0. The van der Waals surface area contributed by atoms with Crippen LogP contribution in [-0.4, -0.2) is 98.9 Å². The zero-order valence-corrected chi connectivity index (χ0v) is 37.0. The molecule has 6 atom stereocenters. The van der Waals surface area contributed by atoms with E-state index in [1.165, 1.54) is 70.6 Å². The van der Waals surface area contributed by atoms with Crippen LogP contribution in [0.2, 0.25) is 0 Å². The lowest BCUT2D eigenvalue weighted by atomic mass is 9.85. The predicted octanol–water partition coefficient (Wildman–Crippen LogP) is 9.09. The number of phosphoric acid groups is 1. The van der Waals surface area contributed by atoms with Gasteiger partial charge in [0.2, 0.25) is 0 Å². The highest BCUT2D eigenvalue weighted by Crippen LogP contribution is 2.47.